The molecule has 0 fully saturated rings. The third kappa shape index (κ3) is 3.92. The summed E-state index contributed by atoms with van der Waals surface area (Å²) in [4.78, 5) is 23.9. The molecule has 7 nitrogen and oxygen atoms in total. The molecule has 3 N–H and O–H groups in total. The van der Waals surface area contributed by atoms with Gasteiger partial charge in [-0.2, -0.15) is 0 Å². The molecule has 7 heteroatoms. The van der Waals surface area contributed by atoms with Crippen molar-refractivity contribution < 1.29 is 9.72 Å². The van der Waals surface area contributed by atoms with E-state index >= 15 is 0 Å². The Bertz CT molecular complexity index is 488. The maximum absolute atomic E-state index is 11.9. The number of nitrogen functional groups attached to an aromatic ring is 1. The molecule has 0 aromatic heterocycles. The van der Waals surface area contributed by atoms with Crippen LogP contribution >= 0.6 is 0 Å². The topological polar surface area (TPSA) is 101 Å². The van der Waals surface area contributed by atoms with Gasteiger partial charge in [0.25, 0.3) is 11.6 Å². The fourth-order valence-corrected chi connectivity index (χ4v) is 1.39. The Morgan fingerprint density at radius 3 is 2.63 bits per heavy atom. The Hall–Kier alpha value is -2.15. The quantitative estimate of drug-likeness (QED) is 0.467. The van der Waals surface area contributed by atoms with Crippen LogP contribution in [0.15, 0.2) is 18.2 Å². The molecule has 0 spiro atoms. The van der Waals surface area contributed by atoms with Crippen molar-refractivity contribution in [1.29, 1.82) is 0 Å². The third-order valence-corrected chi connectivity index (χ3v) is 2.93. The molecule has 1 amide bonds. The first-order chi connectivity index (χ1) is 8.82. The van der Waals surface area contributed by atoms with Crippen molar-refractivity contribution in [2.75, 3.05) is 26.4 Å². The summed E-state index contributed by atoms with van der Waals surface area (Å²) in [6.45, 7) is 2.47. The number of likely N-dealkylation sites (N-methyl/N-ethyl adjacent to an activating group) is 1. The van der Waals surface area contributed by atoms with Crippen LogP contribution < -0.4 is 11.1 Å². The van der Waals surface area contributed by atoms with Gasteiger partial charge in [-0.15, -0.1) is 0 Å². The zero-order valence-electron chi connectivity index (χ0n) is 11.2. The monoisotopic (exact) mass is 266 g/mol. The van der Waals surface area contributed by atoms with E-state index in [1.165, 1.54) is 18.2 Å². The molecule has 1 aromatic carbocycles. The second kappa shape index (κ2) is 6.14. The number of carbonyl (C=O) groups is 1. The molecule has 0 radical (unpaired) electrons. The highest BCUT2D eigenvalue weighted by molar-refractivity contribution is 5.95. The summed E-state index contributed by atoms with van der Waals surface area (Å²) >= 11 is 0. The first-order valence-corrected chi connectivity index (χ1v) is 5.81. The van der Waals surface area contributed by atoms with E-state index in [4.69, 9.17) is 5.73 Å². The van der Waals surface area contributed by atoms with Crippen LogP contribution in [0.5, 0.6) is 0 Å². The second-order valence-electron chi connectivity index (χ2n) is 4.55. The Kier molecular flexibility index (Phi) is 4.82. The fraction of sp³-hybridized carbons (Fsp3) is 0.417. The molecule has 104 valence electrons. The summed E-state index contributed by atoms with van der Waals surface area (Å²) in [5.41, 5.74) is 5.64. The summed E-state index contributed by atoms with van der Waals surface area (Å²) in [5, 5.41) is 13.4. The predicted molar refractivity (Wildman–Crippen MR) is 73.0 cm³/mol. The summed E-state index contributed by atoms with van der Waals surface area (Å²) in [6.07, 6.45) is 0. The van der Waals surface area contributed by atoms with E-state index in [1.54, 1.807) is 0 Å². The summed E-state index contributed by atoms with van der Waals surface area (Å²) < 4.78 is 0. The maximum atomic E-state index is 11.9. The normalized spacial score (nSPS) is 12.2. The lowest BCUT2D eigenvalue weighted by molar-refractivity contribution is -0.383. The second-order valence-corrected chi connectivity index (χ2v) is 4.55. The number of nitrogens with one attached hydrogen (secondary N) is 1. The lowest BCUT2D eigenvalue weighted by atomic mass is 10.1. The molecule has 0 aliphatic heterocycles. The van der Waals surface area contributed by atoms with Crippen LogP contribution in [0.1, 0.15) is 17.3 Å². The fourth-order valence-electron chi connectivity index (χ4n) is 1.39. The third-order valence-electron chi connectivity index (χ3n) is 2.93. The molecular formula is C12H18N4O3. The minimum absolute atomic E-state index is 0.0155. The summed E-state index contributed by atoms with van der Waals surface area (Å²) in [5.74, 6) is -0.296. The van der Waals surface area contributed by atoms with Crippen LogP contribution in [0.25, 0.3) is 0 Å². The van der Waals surface area contributed by atoms with Gasteiger partial charge in [0.05, 0.1) is 4.92 Å². The highest BCUT2D eigenvalue weighted by atomic mass is 16.6. The maximum Gasteiger partial charge on any atom is 0.292 e. The zero-order valence-corrected chi connectivity index (χ0v) is 11.2. The van der Waals surface area contributed by atoms with Gasteiger partial charge in [0.1, 0.15) is 5.69 Å². The Labute approximate surface area is 111 Å². The molecule has 0 bridgehead atoms. The molecule has 0 heterocycles. The smallest absolute Gasteiger partial charge is 0.292 e. The lowest BCUT2D eigenvalue weighted by Gasteiger charge is -2.19. The number of hydrogen-bond donors (Lipinski definition) is 2. The molecule has 19 heavy (non-hydrogen) atoms. The van der Waals surface area contributed by atoms with E-state index < -0.39 is 4.92 Å². The Balaban J connectivity index is 2.73. The number of carbonyl (C=O) groups excluding carboxylic acids is 1. The molecule has 0 saturated heterocycles. The van der Waals surface area contributed by atoms with E-state index in [2.05, 4.69) is 5.32 Å². The van der Waals surface area contributed by atoms with Gasteiger partial charge in [-0.25, -0.2) is 0 Å². The van der Waals surface area contributed by atoms with Gasteiger partial charge in [-0.1, -0.05) is 0 Å². The van der Waals surface area contributed by atoms with Gasteiger partial charge >= 0.3 is 0 Å². The first-order valence-electron chi connectivity index (χ1n) is 5.81. The predicted octanol–water partition coefficient (Wildman–Crippen LogP) is 0.857. The van der Waals surface area contributed by atoms with Gasteiger partial charge in [-0.3, -0.25) is 14.9 Å². The highest BCUT2D eigenvalue weighted by Crippen LogP contribution is 2.21. The molecule has 1 atom stereocenters. The van der Waals surface area contributed by atoms with E-state index in [0.29, 0.717) is 12.1 Å². The molecule has 0 aliphatic carbocycles. The minimum Gasteiger partial charge on any atom is -0.393 e. The number of nitro groups is 1. The Morgan fingerprint density at radius 2 is 2.16 bits per heavy atom. The molecular weight excluding hydrogens is 248 g/mol. The summed E-state index contributed by atoms with van der Waals surface area (Å²) in [6, 6.07) is 4.14. The van der Waals surface area contributed by atoms with Crippen molar-refractivity contribution in [2.24, 2.45) is 0 Å². The van der Waals surface area contributed by atoms with Crippen molar-refractivity contribution in [3.05, 3.63) is 33.9 Å². The van der Waals surface area contributed by atoms with Crippen LogP contribution in [0, 0.1) is 10.1 Å². The number of amides is 1. The van der Waals surface area contributed by atoms with Gasteiger partial charge in [0.2, 0.25) is 0 Å². The van der Waals surface area contributed by atoms with Crippen LogP contribution in [0.2, 0.25) is 0 Å². The van der Waals surface area contributed by atoms with Gasteiger partial charge < -0.3 is 16.0 Å². The van der Waals surface area contributed by atoms with Crippen molar-refractivity contribution in [2.45, 2.75) is 13.0 Å². The number of nitrogens with two attached hydrogens (primary N) is 1. The molecule has 0 saturated carbocycles. The molecule has 1 rings (SSSR count). The van der Waals surface area contributed by atoms with Crippen molar-refractivity contribution in [1.82, 2.24) is 10.2 Å². The van der Waals surface area contributed by atoms with E-state index in [0.717, 1.165) is 0 Å². The number of rotatable bonds is 5. The standard InChI is InChI=1S/C12H18N4O3/c1-8(15(2)3)7-14-12(17)9-4-5-11(16(18)19)10(13)6-9/h4-6,8H,7,13H2,1-3H3,(H,14,17). The van der Waals surface area contributed by atoms with Crippen molar-refractivity contribution >= 4 is 17.3 Å². The molecule has 1 aromatic rings. The van der Waals surface area contributed by atoms with E-state index in [1.807, 2.05) is 25.9 Å². The lowest BCUT2D eigenvalue weighted by Crippen LogP contribution is -2.38. The Morgan fingerprint density at radius 1 is 1.53 bits per heavy atom. The molecule has 0 aliphatic rings. The minimum atomic E-state index is -0.578. The van der Waals surface area contributed by atoms with Crippen molar-refractivity contribution in [3.63, 3.8) is 0 Å². The average Bonchev–Trinajstić information content (AvgIpc) is 2.34. The van der Waals surface area contributed by atoms with E-state index in [9.17, 15) is 14.9 Å². The number of anilines is 1. The first kappa shape index (κ1) is 14.9. The summed E-state index contributed by atoms with van der Waals surface area (Å²) in [7, 11) is 3.83. The van der Waals surface area contributed by atoms with Gasteiger partial charge in [-0.05, 0) is 33.2 Å². The van der Waals surface area contributed by atoms with Gasteiger partial charge in [0.15, 0.2) is 0 Å². The largest absolute Gasteiger partial charge is 0.393 e. The van der Waals surface area contributed by atoms with Crippen molar-refractivity contribution in [3.8, 4) is 0 Å². The number of nitrogens with zero attached hydrogens (tertiary/aromatic N) is 2. The van der Waals surface area contributed by atoms with Crippen LogP contribution in [-0.4, -0.2) is 42.4 Å². The van der Waals surface area contributed by atoms with Crippen LogP contribution in [-0.2, 0) is 0 Å². The van der Waals surface area contributed by atoms with E-state index in [-0.39, 0.29) is 23.3 Å². The number of benzene rings is 1. The number of nitro benzene ring substituents is 1. The van der Waals surface area contributed by atoms with Crippen LogP contribution in [0.4, 0.5) is 11.4 Å². The molecule has 1 unspecified atom stereocenters. The zero-order chi connectivity index (χ0) is 14.6. The SMILES string of the molecule is CC(CNC(=O)c1ccc([N+](=O)[O-])c(N)c1)N(C)C. The number of hydrogen-bond acceptors (Lipinski definition) is 5. The highest BCUT2D eigenvalue weighted by Gasteiger charge is 2.15. The van der Waals surface area contributed by atoms with Crippen LogP contribution in [0.3, 0.4) is 0 Å². The average molecular weight is 266 g/mol. The van der Waals surface area contributed by atoms with Gasteiger partial charge in [0, 0.05) is 24.2 Å².